The number of benzene rings is 2. The van der Waals surface area contributed by atoms with E-state index in [-0.39, 0.29) is 11.7 Å². The standard InChI is InChI=1S/C16H18O3/c1-4-16(2,3)15(18)19-14-8-6-11-5-7-13(17)9-12(11)10-14/h5-10,17H,4H2,1-3H3. The summed E-state index contributed by atoms with van der Waals surface area (Å²) in [4.78, 5) is 12.0. The molecular formula is C16H18O3. The zero-order chi connectivity index (χ0) is 14.0. The summed E-state index contributed by atoms with van der Waals surface area (Å²) in [5, 5.41) is 11.3. The summed E-state index contributed by atoms with van der Waals surface area (Å²) < 4.78 is 5.40. The van der Waals surface area contributed by atoms with Crippen molar-refractivity contribution in [1.82, 2.24) is 0 Å². The summed E-state index contributed by atoms with van der Waals surface area (Å²) in [6.45, 7) is 5.68. The van der Waals surface area contributed by atoms with Gasteiger partial charge in [0.2, 0.25) is 0 Å². The smallest absolute Gasteiger partial charge is 0.316 e. The van der Waals surface area contributed by atoms with Gasteiger partial charge in [-0.15, -0.1) is 0 Å². The lowest BCUT2D eigenvalue weighted by Gasteiger charge is -2.20. The van der Waals surface area contributed by atoms with Crippen LogP contribution in [0.1, 0.15) is 27.2 Å². The van der Waals surface area contributed by atoms with Gasteiger partial charge in [0, 0.05) is 0 Å². The second-order valence-electron chi connectivity index (χ2n) is 5.32. The Morgan fingerprint density at radius 1 is 1.16 bits per heavy atom. The number of carbonyl (C=O) groups excluding carboxylic acids is 1. The molecule has 19 heavy (non-hydrogen) atoms. The predicted molar refractivity (Wildman–Crippen MR) is 75.3 cm³/mol. The van der Waals surface area contributed by atoms with Crippen LogP contribution in [0.4, 0.5) is 0 Å². The molecule has 0 aliphatic heterocycles. The molecule has 0 spiro atoms. The zero-order valence-electron chi connectivity index (χ0n) is 11.4. The molecule has 0 unspecified atom stereocenters. The summed E-state index contributed by atoms with van der Waals surface area (Å²) in [6, 6.07) is 10.5. The summed E-state index contributed by atoms with van der Waals surface area (Å²) in [7, 11) is 0. The average molecular weight is 258 g/mol. The fourth-order valence-electron chi connectivity index (χ4n) is 1.67. The number of hydrogen-bond acceptors (Lipinski definition) is 3. The molecule has 0 bridgehead atoms. The van der Waals surface area contributed by atoms with Crippen molar-refractivity contribution in [3.63, 3.8) is 0 Å². The molecule has 0 aliphatic rings. The van der Waals surface area contributed by atoms with Crippen molar-refractivity contribution in [1.29, 1.82) is 0 Å². The lowest BCUT2D eigenvalue weighted by molar-refractivity contribution is -0.144. The first kappa shape index (κ1) is 13.4. The van der Waals surface area contributed by atoms with Crippen LogP contribution in [0.5, 0.6) is 11.5 Å². The predicted octanol–water partition coefficient (Wildman–Crippen LogP) is 3.89. The Balaban J connectivity index is 2.29. The minimum atomic E-state index is -0.492. The van der Waals surface area contributed by atoms with Gasteiger partial charge in [0.25, 0.3) is 0 Å². The van der Waals surface area contributed by atoms with Crippen molar-refractivity contribution in [2.45, 2.75) is 27.2 Å². The topological polar surface area (TPSA) is 46.5 Å². The molecule has 2 aromatic carbocycles. The van der Waals surface area contributed by atoms with Gasteiger partial charge in [-0.3, -0.25) is 4.79 Å². The molecule has 0 fully saturated rings. The van der Waals surface area contributed by atoms with Gasteiger partial charge in [-0.2, -0.15) is 0 Å². The first-order chi connectivity index (χ1) is 8.92. The van der Waals surface area contributed by atoms with Crippen LogP contribution < -0.4 is 4.74 Å². The molecule has 100 valence electrons. The number of esters is 1. The molecular weight excluding hydrogens is 240 g/mol. The third kappa shape index (κ3) is 2.87. The van der Waals surface area contributed by atoms with Gasteiger partial charge in [0.1, 0.15) is 11.5 Å². The van der Waals surface area contributed by atoms with Crippen molar-refractivity contribution >= 4 is 16.7 Å². The van der Waals surface area contributed by atoms with E-state index in [0.717, 1.165) is 17.2 Å². The average Bonchev–Trinajstić information content (AvgIpc) is 2.38. The van der Waals surface area contributed by atoms with Crippen molar-refractivity contribution in [3.05, 3.63) is 36.4 Å². The number of ether oxygens (including phenoxy) is 1. The van der Waals surface area contributed by atoms with E-state index in [1.54, 1.807) is 24.3 Å². The zero-order valence-corrected chi connectivity index (χ0v) is 11.4. The molecule has 0 saturated carbocycles. The molecule has 0 amide bonds. The quantitative estimate of drug-likeness (QED) is 0.671. The maximum Gasteiger partial charge on any atom is 0.316 e. The largest absolute Gasteiger partial charge is 0.508 e. The van der Waals surface area contributed by atoms with Gasteiger partial charge in [-0.25, -0.2) is 0 Å². The number of phenols is 1. The van der Waals surface area contributed by atoms with Crippen LogP contribution in [-0.4, -0.2) is 11.1 Å². The SMILES string of the molecule is CCC(C)(C)C(=O)Oc1ccc2ccc(O)cc2c1. The van der Waals surface area contributed by atoms with Crippen LogP contribution in [-0.2, 0) is 4.79 Å². The number of fused-ring (bicyclic) bond motifs is 1. The Kier molecular flexibility index (Phi) is 3.47. The van der Waals surface area contributed by atoms with Gasteiger partial charge < -0.3 is 9.84 Å². The number of hydrogen-bond donors (Lipinski definition) is 1. The van der Waals surface area contributed by atoms with Crippen molar-refractivity contribution in [3.8, 4) is 11.5 Å². The fourth-order valence-corrected chi connectivity index (χ4v) is 1.67. The molecule has 2 aromatic rings. The van der Waals surface area contributed by atoms with Crippen LogP contribution in [0.3, 0.4) is 0 Å². The monoisotopic (exact) mass is 258 g/mol. The Labute approximate surface area is 112 Å². The van der Waals surface area contributed by atoms with Crippen LogP contribution >= 0.6 is 0 Å². The minimum Gasteiger partial charge on any atom is -0.508 e. The maximum atomic E-state index is 12.0. The highest BCUT2D eigenvalue weighted by Crippen LogP contribution is 2.27. The van der Waals surface area contributed by atoms with Crippen molar-refractivity contribution < 1.29 is 14.6 Å². The van der Waals surface area contributed by atoms with Crippen molar-refractivity contribution in [2.24, 2.45) is 5.41 Å². The van der Waals surface area contributed by atoms with E-state index in [4.69, 9.17) is 4.74 Å². The summed E-state index contributed by atoms with van der Waals surface area (Å²) >= 11 is 0. The first-order valence-electron chi connectivity index (χ1n) is 6.37. The van der Waals surface area contributed by atoms with E-state index in [1.165, 1.54) is 0 Å². The highest BCUT2D eigenvalue weighted by atomic mass is 16.5. The minimum absolute atomic E-state index is 0.199. The summed E-state index contributed by atoms with van der Waals surface area (Å²) in [5.74, 6) is 0.462. The van der Waals surface area contributed by atoms with E-state index in [9.17, 15) is 9.90 Å². The Bertz CT molecular complexity index is 614. The number of carbonyl (C=O) groups is 1. The third-order valence-corrected chi connectivity index (χ3v) is 3.44. The Hall–Kier alpha value is -2.03. The lowest BCUT2D eigenvalue weighted by atomic mass is 9.91. The van der Waals surface area contributed by atoms with Gasteiger partial charge in [-0.1, -0.05) is 19.1 Å². The molecule has 0 aliphatic carbocycles. The molecule has 3 nitrogen and oxygen atoms in total. The molecule has 0 saturated heterocycles. The van der Waals surface area contributed by atoms with E-state index < -0.39 is 5.41 Å². The van der Waals surface area contributed by atoms with E-state index in [0.29, 0.717) is 5.75 Å². The van der Waals surface area contributed by atoms with Crippen LogP contribution in [0.25, 0.3) is 10.8 Å². The van der Waals surface area contributed by atoms with Crippen LogP contribution in [0.15, 0.2) is 36.4 Å². The fraction of sp³-hybridized carbons (Fsp3) is 0.312. The van der Waals surface area contributed by atoms with Gasteiger partial charge >= 0.3 is 5.97 Å². The molecule has 2 rings (SSSR count). The summed E-state index contributed by atoms with van der Waals surface area (Å²) in [6.07, 6.45) is 0.722. The maximum absolute atomic E-state index is 12.0. The molecule has 1 N–H and O–H groups in total. The highest BCUT2D eigenvalue weighted by molar-refractivity contribution is 5.86. The highest BCUT2D eigenvalue weighted by Gasteiger charge is 2.27. The molecule has 0 aromatic heterocycles. The Morgan fingerprint density at radius 3 is 2.53 bits per heavy atom. The van der Waals surface area contributed by atoms with E-state index >= 15 is 0 Å². The lowest BCUT2D eigenvalue weighted by Crippen LogP contribution is -2.28. The Morgan fingerprint density at radius 2 is 1.84 bits per heavy atom. The molecule has 0 radical (unpaired) electrons. The number of rotatable bonds is 3. The van der Waals surface area contributed by atoms with Crippen molar-refractivity contribution in [2.75, 3.05) is 0 Å². The summed E-state index contributed by atoms with van der Waals surface area (Å²) in [5.41, 5.74) is -0.492. The number of aromatic hydroxyl groups is 1. The van der Waals surface area contributed by atoms with Gasteiger partial charge in [0.15, 0.2) is 0 Å². The van der Waals surface area contributed by atoms with Crippen LogP contribution in [0.2, 0.25) is 0 Å². The second-order valence-corrected chi connectivity index (χ2v) is 5.32. The third-order valence-electron chi connectivity index (χ3n) is 3.44. The van der Waals surface area contributed by atoms with E-state index in [2.05, 4.69) is 0 Å². The molecule has 0 heterocycles. The molecule has 3 heteroatoms. The number of phenolic OH excluding ortho intramolecular Hbond substituents is 1. The van der Waals surface area contributed by atoms with E-state index in [1.807, 2.05) is 32.9 Å². The molecule has 0 atom stereocenters. The van der Waals surface area contributed by atoms with Gasteiger partial charge in [-0.05, 0) is 55.3 Å². The van der Waals surface area contributed by atoms with Gasteiger partial charge in [0.05, 0.1) is 5.41 Å². The second kappa shape index (κ2) is 4.92. The van der Waals surface area contributed by atoms with Crippen LogP contribution in [0, 0.1) is 5.41 Å². The first-order valence-corrected chi connectivity index (χ1v) is 6.37. The normalized spacial score (nSPS) is 11.5.